The molecule has 168 valence electrons. The molecule has 0 aliphatic carbocycles. The molecule has 0 aliphatic rings. The maximum Gasteiger partial charge on any atom is 0.573 e. The first-order valence-corrected chi connectivity index (χ1v) is 11.1. The summed E-state index contributed by atoms with van der Waals surface area (Å²) < 4.78 is 46.5. The summed E-state index contributed by atoms with van der Waals surface area (Å²) in [7, 11) is 0. The number of ether oxygens (including phenoxy) is 2. The molecule has 1 N–H and O–H groups in total. The Morgan fingerprint density at radius 2 is 1.84 bits per heavy atom. The molecule has 0 bridgehead atoms. The average Bonchev–Trinajstić information content (AvgIpc) is 3.28. The van der Waals surface area contributed by atoms with Crippen LogP contribution in [0.4, 0.5) is 13.2 Å². The summed E-state index contributed by atoms with van der Waals surface area (Å²) >= 11 is 2.90. The van der Waals surface area contributed by atoms with Crippen LogP contribution in [0, 0.1) is 0 Å². The van der Waals surface area contributed by atoms with Gasteiger partial charge >= 0.3 is 12.3 Å². The highest BCUT2D eigenvalue weighted by Gasteiger charge is 2.32. The van der Waals surface area contributed by atoms with E-state index in [0.29, 0.717) is 16.2 Å². The third-order valence-electron chi connectivity index (χ3n) is 3.97. The number of carbonyl (C=O) groups is 2. The van der Waals surface area contributed by atoms with E-state index in [9.17, 15) is 22.8 Å². The second-order valence-electron chi connectivity index (χ2n) is 6.27. The first-order chi connectivity index (χ1) is 15.3. The van der Waals surface area contributed by atoms with Gasteiger partial charge in [0.05, 0.1) is 16.8 Å². The fraction of sp³-hybridized carbons (Fsp3) is 0.190. The predicted octanol–water partition coefficient (Wildman–Crippen LogP) is 4.81. The zero-order valence-corrected chi connectivity index (χ0v) is 18.1. The maximum absolute atomic E-state index is 12.5. The average molecular weight is 483 g/mol. The Hall–Kier alpha value is -3.05. The van der Waals surface area contributed by atoms with Crippen molar-refractivity contribution in [2.45, 2.75) is 23.6 Å². The predicted molar refractivity (Wildman–Crippen MR) is 113 cm³/mol. The van der Waals surface area contributed by atoms with E-state index in [1.54, 1.807) is 29.8 Å². The minimum absolute atomic E-state index is 0.133. The molecule has 0 aliphatic heterocycles. The zero-order chi connectivity index (χ0) is 23.0. The smallest absolute Gasteiger partial charge is 0.452 e. The van der Waals surface area contributed by atoms with Crippen LogP contribution in [0.5, 0.6) is 5.75 Å². The van der Waals surface area contributed by atoms with E-state index in [1.165, 1.54) is 41.3 Å². The Morgan fingerprint density at radius 3 is 2.59 bits per heavy atom. The number of halogens is 3. The summed E-state index contributed by atoms with van der Waals surface area (Å²) in [5.74, 6) is -1.17. The molecule has 0 atom stereocenters. The van der Waals surface area contributed by atoms with E-state index in [2.05, 4.69) is 15.0 Å². The minimum Gasteiger partial charge on any atom is -0.452 e. The molecule has 0 radical (unpaired) electrons. The van der Waals surface area contributed by atoms with Crippen molar-refractivity contribution in [2.75, 3.05) is 6.61 Å². The summed E-state index contributed by atoms with van der Waals surface area (Å²) in [5, 5.41) is 4.33. The monoisotopic (exact) mass is 482 g/mol. The summed E-state index contributed by atoms with van der Waals surface area (Å²) in [6.07, 6.45) is -4.85. The van der Waals surface area contributed by atoms with E-state index < -0.39 is 30.6 Å². The van der Waals surface area contributed by atoms with Crippen molar-refractivity contribution < 1.29 is 32.2 Å². The second-order valence-corrected chi connectivity index (χ2v) is 8.01. The van der Waals surface area contributed by atoms with Gasteiger partial charge in [-0.3, -0.25) is 4.79 Å². The summed E-state index contributed by atoms with van der Waals surface area (Å²) in [5.41, 5.74) is 3.05. The Labute approximate surface area is 189 Å². The van der Waals surface area contributed by atoms with Crippen LogP contribution >= 0.6 is 23.1 Å². The molecule has 0 spiro atoms. The Balaban J connectivity index is 1.52. The fourth-order valence-corrected chi connectivity index (χ4v) is 4.16. The van der Waals surface area contributed by atoms with Gasteiger partial charge in [-0.25, -0.2) is 9.78 Å². The molecule has 1 heterocycles. The quantitative estimate of drug-likeness (QED) is 0.349. The van der Waals surface area contributed by atoms with Crippen molar-refractivity contribution in [2.24, 2.45) is 0 Å². The first kappa shape index (κ1) is 23.6. The van der Waals surface area contributed by atoms with E-state index in [-0.39, 0.29) is 12.1 Å². The summed E-state index contributed by atoms with van der Waals surface area (Å²) in [4.78, 5) is 29.4. The number of carbonyl (C=O) groups excluding carboxylic acids is 2. The molecule has 0 fully saturated rings. The van der Waals surface area contributed by atoms with Crippen LogP contribution < -0.4 is 10.1 Å². The number of alkyl halides is 3. The molecule has 0 saturated carbocycles. The number of nitrogens with zero attached hydrogens (tertiary/aromatic N) is 1. The van der Waals surface area contributed by atoms with Crippen molar-refractivity contribution >= 4 is 35.0 Å². The van der Waals surface area contributed by atoms with Crippen LogP contribution in [0.1, 0.15) is 21.6 Å². The van der Waals surface area contributed by atoms with Crippen LogP contribution in [0.3, 0.4) is 0 Å². The van der Waals surface area contributed by atoms with Crippen LogP contribution in [0.25, 0.3) is 0 Å². The number of thiazole rings is 1. The third kappa shape index (κ3) is 7.27. The Bertz CT molecular complexity index is 1060. The van der Waals surface area contributed by atoms with E-state index in [0.717, 1.165) is 11.8 Å². The number of amides is 1. The van der Waals surface area contributed by atoms with Gasteiger partial charge in [0.25, 0.3) is 5.91 Å². The molecular weight excluding hydrogens is 465 g/mol. The van der Waals surface area contributed by atoms with Gasteiger partial charge in [0, 0.05) is 28.1 Å². The van der Waals surface area contributed by atoms with E-state index in [1.807, 2.05) is 5.38 Å². The molecule has 11 heteroatoms. The van der Waals surface area contributed by atoms with Crippen molar-refractivity contribution in [3.8, 4) is 5.75 Å². The lowest BCUT2D eigenvalue weighted by Crippen LogP contribution is -2.29. The number of para-hydroxylation sites is 1. The standard InChI is InChI=1S/C21H17F3N2O4S2/c22-21(23,24)30-17-7-3-1-5-14(17)9-25-19(27)10-29-20(28)16-6-2-4-8-18(16)32-12-15-11-31-13-26-15/h1-8,11,13H,9-10,12H2,(H,25,27). The van der Waals surface area contributed by atoms with Crippen molar-refractivity contribution in [1.82, 2.24) is 10.3 Å². The second kappa shape index (κ2) is 11.0. The van der Waals surface area contributed by atoms with E-state index >= 15 is 0 Å². The molecular formula is C21H17F3N2O4S2. The van der Waals surface area contributed by atoms with E-state index in [4.69, 9.17) is 4.74 Å². The molecule has 1 amide bonds. The third-order valence-corrected chi connectivity index (χ3v) is 5.72. The Morgan fingerprint density at radius 1 is 1.09 bits per heavy atom. The van der Waals surface area contributed by atoms with Crippen LogP contribution in [0.15, 0.2) is 64.3 Å². The minimum atomic E-state index is -4.85. The highest BCUT2D eigenvalue weighted by atomic mass is 32.2. The molecule has 1 aromatic heterocycles. The van der Waals surface area contributed by atoms with Gasteiger partial charge < -0.3 is 14.8 Å². The molecule has 6 nitrogen and oxygen atoms in total. The molecule has 0 saturated heterocycles. The number of esters is 1. The van der Waals surface area contributed by atoms with Gasteiger partial charge in [0.15, 0.2) is 6.61 Å². The zero-order valence-electron chi connectivity index (χ0n) is 16.4. The summed E-state index contributed by atoms with van der Waals surface area (Å²) in [6, 6.07) is 12.3. The van der Waals surface area contributed by atoms with Gasteiger partial charge in [-0.1, -0.05) is 30.3 Å². The van der Waals surface area contributed by atoms with Crippen LogP contribution in [-0.2, 0) is 21.8 Å². The van der Waals surface area contributed by atoms with Gasteiger partial charge in [0.1, 0.15) is 5.75 Å². The highest BCUT2D eigenvalue weighted by Crippen LogP contribution is 2.27. The Kier molecular flexibility index (Phi) is 8.12. The number of hydrogen-bond donors (Lipinski definition) is 1. The lowest BCUT2D eigenvalue weighted by atomic mass is 10.2. The number of rotatable bonds is 9. The normalized spacial score (nSPS) is 11.1. The van der Waals surface area contributed by atoms with Crippen molar-refractivity contribution in [3.05, 3.63) is 76.2 Å². The summed E-state index contributed by atoms with van der Waals surface area (Å²) in [6.45, 7) is -0.797. The number of hydrogen-bond acceptors (Lipinski definition) is 7. The van der Waals surface area contributed by atoms with Gasteiger partial charge in [0.2, 0.25) is 0 Å². The van der Waals surface area contributed by atoms with Crippen LogP contribution in [-0.4, -0.2) is 29.8 Å². The number of thioether (sulfide) groups is 1. The topological polar surface area (TPSA) is 77.5 Å². The number of nitrogens with one attached hydrogen (secondary N) is 1. The van der Waals surface area contributed by atoms with Gasteiger partial charge in [-0.2, -0.15) is 0 Å². The molecule has 2 aromatic carbocycles. The number of benzene rings is 2. The molecule has 3 aromatic rings. The largest absolute Gasteiger partial charge is 0.573 e. The van der Waals surface area contributed by atoms with Crippen molar-refractivity contribution in [1.29, 1.82) is 0 Å². The van der Waals surface area contributed by atoms with Gasteiger partial charge in [-0.05, 0) is 18.2 Å². The maximum atomic E-state index is 12.5. The van der Waals surface area contributed by atoms with Gasteiger partial charge in [-0.15, -0.1) is 36.3 Å². The first-order valence-electron chi connectivity index (χ1n) is 9.18. The SMILES string of the molecule is O=C(COC(=O)c1ccccc1SCc1cscn1)NCc1ccccc1OC(F)(F)F. The van der Waals surface area contributed by atoms with Crippen LogP contribution in [0.2, 0.25) is 0 Å². The highest BCUT2D eigenvalue weighted by molar-refractivity contribution is 7.98. The number of aromatic nitrogens is 1. The molecule has 0 unspecified atom stereocenters. The fourth-order valence-electron chi connectivity index (χ4n) is 2.55. The molecule has 32 heavy (non-hydrogen) atoms. The lowest BCUT2D eigenvalue weighted by molar-refractivity contribution is -0.274. The molecule has 3 rings (SSSR count). The lowest BCUT2D eigenvalue weighted by Gasteiger charge is -2.14. The van der Waals surface area contributed by atoms with Crippen molar-refractivity contribution in [3.63, 3.8) is 0 Å².